The fourth-order valence-corrected chi connectivity index (χ4v) is 17.0. The van der Waals surface area contributed by atoms with Crippen LogP contribution in [0.15, 0.2) is 11.6 Å². The highest BCUT2D eigenvalue weighted by Crippen LogP contribution is 2.70. The molecular weight excluding hydrogens is 753 g/mol. The number of carboxylic acid groups (broad SMARTS) is 1. The molecule has 0 radical (unpaired) electrons. The van der Waals surface area contributed by atoms with Crippen LogP contribution in [0, 0.1) is 92.7 Å². The Bertz CT molecular complexity index is 1600. The average molecular weight is 841 g/mol. The zero-order chi connectivity index (χ0) is 41.4. The van der Waals surface area contributed by atoms with Gasteiger partial charge in [-0.3, -0.25) is 19.2 Å². The highest BCUT2D eigenvalue weighted by Gasteiger charge is 2.65. The van der Waals surface area contributed by atoms with Gasteiger partial charge in [-0.05, 0) is 183 Å². The van der Waals surface area contributed by atoms with Crippen molar-refractivity contribution in [3.63, 3.8) is 0 Å². The molecule has 8 heteroatoms. The molecule has 60 heavy (non-hydrogen) atoms. The number of fused-ring (bicyclic) bond motifs is 10. The van der Waals surface area contributed by atoms with E-state index in [4.69, 9.17) is 4.74 Å². The van der Waals surface area contributed by atoms with Crippen molar-refractivity contribution in [3.8, 4) is 0 Å². The molecule has 8 aliphatic carbocycles. The van der Waals surface area contributed by atoms with Gasteiger partial charge in [-0.25, -0.2) is 0 Å². The van der Waals surface area contributed by atoms with Crippen molar-refractivity contribution in [2.45, 2.75) is 192 Å². The van der Waals surface area contributed by atoms with Crippen LogP contribution in [0.2, 0.25) is 0 Å². The molecular formula is C52H88O8. The third-order valence-electron chi connectivity index (χ3n) is 19.9. The highest BCUT2D eigenvalue weighted by molar-refractivity contribution is 5.99. The van der Waals surface area contributed by atoms with E-state index in [1.807, 2.05) is 13.0 Å². The Hall–Kier alpha value is -2.06. The number of aliphatic hydroxyl groups is 2. The van der Waals surface area contributed by atoms with Crippen molar-refractivity contribution in [2.24, 2.45) is 92.7 Å². The summed E-state index contributed by atoms with van der Waals surface area (Å²) >= 11 is 0. The Balaban J connectivity index is 0.000000252. The summed E-state index contributed by atoms with van der Waals surface area (Å²) in [5.41, 5.74) is 1.53. The Morgan fingerprint density at radius 3 is 1.68 bits per heavy atom. The lowest BCUT2D eigenvalue weighted by molar-refractivity contribution is -0.161. The lowest BCUT2D eigenvalue weighted by Crippen LogP contribution is -2.58. The second kappa shape index (κ2) is 18.6. The van der Waals surface area contributed by atoms with Crippen molar-refractivity contribution in [3.05, 3.63) is 11.6 Å². The van der Waals surface area contributed by atoms with Crippen LogP contribution in [-0.4, -0.2) is 58.1 Å². The van der Waals surface area contributed by atoms with Crippen LogP contribution >= 0.6 is 0 Å². The minimum absolute atomic E-state index is 0. The van der Waals surface area contributed by atoms with Gasteiger partial charge >= 0.3 is 11.9 Å². The van der Waals surface area contributed by atoms with Crippen LogP contribution < -0.4 is 0 Å². The first-order chi connectivity index (χ1) is 26.8. The van der Waals surface area contributed by atoms with E-state index in [1.54, 1.807) is 0 Å². The van der Waals surface area contributed by atoms with E-state index in [0.717, 1.165) is 89.0 Å². The van der Waals surface area contributed by atoms with E-state index < -0.39 is 5.97 Å². The number of ketones is 2. The van der Waals surface area contributed by atoms with Crippen LogP contribution in [-0.2, 0) is 23.9 Å². The molecule has 0 spiro atoms. The van der Waals surface area contributed by atoms with Crippen LogP contribution in [0.4, 0.5) is 0 Å². The number of methoxy groups -OCH3 is 1. The molecule has 8 saturated carbocycles. The number of ether oxygens (including phenoxy) is 1. The smallest absolute Gasteiger partial charge is 0.305 e. The van der Waals surface area contributed by atoms with Gasteiger partial charge in [0.2, 0.25) is 0 Å². The maximum Gasteiger partial charge on any atom is 0.305 e. The Labute approximate surface area is 365 Å². The number of hydrogen-bond acceptors (Lipinski definition) is 7. The van der Waals surface area contributed by atoms with Gasteiger partial charge in [-0.2, -0.15) is 0 Å². The van der Waals surface area contributed by atoms with E-state index in [2.05, 4.69) is 41.5 Å². The van der Waals surface area contributed by atoms with E-state index in [-0.39, 0.29) is 92.2 Å². The second-order valence-corrected chi connectivity index (χ2v) is 22.2. The number of carbonyl (C=O) groups is 4. The number of aliphatic carboxylic acids is 1. The third-order valence-corrected chi connectivity index (χ3v) is 19.9. The lowest BCUT2D eigenvalue weighted by Gasteiger charge is -2.60. The summed E-state index contributed by atoms with van der Waals surface area (Å²) < 4.78 is 4.92. The number of allylic oxidation sites excluding steroid dienone is 2. The molecule has 0 aromatic heterocycles. The van der Waals surface area contributed by atoms with Crippen molar-refractivity contribution in [2.75, 3.05) is 7.11 Å². The topological polar surface area (TPSA) is 138 Å². The first-order valence-corrected chi connectivity index (χ1v) is 23.2. The van der Waals surface area contributed by atoms with E-state index in [0.29, 0.717) is 71.8 Å². The molecule has 0 aromatic carbocycles. The van der Waals surface area contributed by atoms with Gasteiger partial charge < -0.3 is 20.1 Å². The summed E-state index contributed by atoms with van der Waals surface area (Å²) in [6.45, 7) is 15.9. The molecule has 0 amide bonds. The number of Topliss-reactive ketones (excluding diaryl/α,β-unsaturated/α-hetero) is 2. The van der Waals surface area contributed by atoms with Gasteiger partial charge in [0.25, 0.3) is 0 Å². The first-order valence-electron chi connectivity index (χ1n) is 23.2. The van der Waals surface area contributed by atoms with Gasteiger partial charge in [-0.15, -0.1) is 0 Å². The molecule has 8 aliphatic rings. The zero-order valence-corrected chi connectivity index (χ0v) is 36.6. The fraction of sp³-hybridized carbons (Fsp3) is 0.885. The first kappa shape index (κ1) is 50.6. The maximum atomic E-state index is 13.8. The molecule has 18 atom stereocenters. The molecule has 8 nitrogen and oxygen atoms in total. The largest absolute Gasteiger partial charge is 0.481 e. The molecule has 0 bridgehead atoms. The van der Waals surface area contributed by atoms with Crippen LogP contribution in [0.25, 0.3) is 0 Å². The summed E-state index contributed by atoms with van der Waals surface area (Å²) in [5.74, 6) is 3.93. The predicted molar refractivity (Wildman–Crippen MR) is 240 cm³/mol. The quantitative estimate of drug-likeness (QED) is 0.178. The van der Waals surface area contributed by atoms with E-state index in [1.165, 1.54) is 13.5 Å². The summed E-state index contributed by atoms with van der Waals surface area (Å²) in [6, 6.07) is 0. The van der Waals surface area contributed by atoms with Crippen LogP contribution in [0.3, 0.4) is 0 Å². The SMILES string of the molecule is C.C.C.C/C=C1/C(=O)[C@H]2C3CC[C@H]([C@H](C)CC(=O)O)[C@@]3(C)CCC2[C@@]2(C)CC[C@@H](O)C[C@@H]12.COC(=O)C[C@@H](C)[C@H]1CCC2[C@@H]3C(=O)C[C@@H]4C[C@H](O)CC[C@]4(C)C3CC[C@@]21C. The number of hydrogen-bond donors (Lipinski definition) is 3. The molecule has 8 rings (SSSR count). The highest BCUT2D eigenvalue weighted by atomic mass is 16.5. The minimum atomic E-state index is -0.709. The summed E-state index contributed by atoms with van der Waals surface area (Å²) in [5, 5.41) is 29.8. The van der Waals surface area contributed by atoms with Crippen LogP contribution in [0.5, 0.6) is 0 Å². The number of esters is 1. The minimum Gasteiger partial charge on any atom is -0.481 e. The number of carbonyl (C=O) groups excluding carboxylic acids is 3. The fourth-order valence-electron chi connectivity index (χ4n) is 17.0. The molecule has 0 saturated heterocycles. The molecule has 4 unspecified atom stereocenters. The van der Waals surface area contributed by atoms with Crippen molar-refractivity contribution in [1.29, 1.82) is 0 Å². The number of carboxylic acids is 1. The molecule has 0 heterocycles. The van der Waals surface area contributed by atoms with Gasteiger partial charge in [0, 0.05) is 31.1 Å². The van der Waals surface area contributed by atoms with Crippen molar-refractivity contribution < 1.29 is 39.2 Å². The normalized spacial score (nSPS) is 46.7. The zero-order valence-electron chi connectivity index (χ0n) is 36.6. The molecule has 344 valence electrons. The van der Waals surface area contributed by atoms with Crippen molar-refractivity contribution >= 4 is 23.5 Å². The summed E-state index contributed by atoms with van der Waals surface area (Å²) in [6.07, 6.45) is 17.1. The Morgan fingerprint density at radius 2 is 1.15 bits per heavy atom. The summed E-state index contributed by atoms with van der Waals surface area (Å²) in [4.78, 5) is 50.3. The molecule has 0 aliphatic heterocycles. The summed E-state index contributed by atoms with van der Waals surface area (Å²) in [7, 11) is 1.47. The number of aliphatic hydroxyl groups excluding tert-OH is 2. The van der Waals surface area contributed by atoms with Gasteiger partial charge in [0.1, 0.15) is 5.78 Å². The van der Waals surface area contributed by atoms with Crippen LogP contribution in [0.1, 0.15) is 180 Å². The average Bonchev–Trinajstić information content (AvgIpc) is 3.70. The van der Waals surface area contributed by atoms with Gasteiger partial charge in [0.05, 0.1) is 19.3 Å². The second-order valence-electron chi connectivity index (χ2n) is 22.2. The van der Waals surface area contributed by atoms with Gasteiger partial charge in [0.15, 0.2) is 5.78 Å². The van der Waals surface area contributed by atoms with Crippen molar-refractivity contribution in [1.82, 2.24) is 0 Å². The van der Waals surface area contributed by atoms with E-state index in [9.17, 15) is 34.5 Å². The molecule has 0 aromatic rings. The Morgan fingerprint density at radius 1 is 0.683 bits per heavy atom. The third kappa shape index (κ3) is 8.15. The van der Waals surface area contributed by atoms with Gasteiger partial charge in [-0.1, -0.05) is 69.9 Å². The molecule has 3 N–H and O–H groups in total. The maximum absolute atomic E-state index is 13.8. The van der Waals surface area contributed by atoms with E-state index >= 15 is 0 Å². The monoisotopic (exact) mass is 841 g/mol. The standard InChI is InChI=1S/C25H38O4.C24H38O4.3CH4/c1-5-16-20-13-15(26)8-10-25(20,4)19-9-11-24(3)17(14(2)12-21(27)28)6-7-18(24)22(19)23(16)29;1-14(11-21(27)28-4)17-5-6-18-22-19(8-10-24(17,18)3)23(2)9-7-16(25)12-15(23)13-20(22)26;;;/h5,14-15,17-20,22,26H,6-13H2,1-4H3,(H,27,28);14-19,22,25H,5-13H2,1-4H3;3*1H4/b16-5+;;;;/t14-,15-,17-,18?,19?,20+,22+,24-,25-;14-,15+,16-,17-,18?,19?,22+,23+,24-;;;/m11.../s1. The predicted octanol–water partition coefficient (Wildman–Crippen LogP) is 11.1. The molecule has 8 fully saturated rings. The Kier molecular flexibility index (Phi) is 15.7. The number of rotatable bonds is 6. The lowest BCUT2D eigenvalue weighted by atomic mass is 9.43.